The Morgan fingerprint density at radius 1 is 1.28 bits per heavy atom. The third-order valence-corrected chi connectivity index (χ3v) is 4.43. The number of fused-ring (bicyclic) bond motifs is 1. The van der Waals surface area contributed by atoms with Crippen LogP contribution >= 0.6 is 38.9 Å². The van der Waals surface area contributed by atoms with Crippen LogP contribution in [0.2, 0.25) is 5.02 Å². The molecule has 0 aliphatic carbocycles. The third kappa shape index (κ3) is 2.21. The lowest BCUT2D eigenvalue weighted by molar-refractivity contribution is 0.192. The summed E-state index contributed by atoms with van der Waals surface area (Å²) in [6, 6.07) is 9.09. The number of rotatable bonds is 2. The summed E-state index contributed by atoms with van der Waals surface area (Å²) in [5.74, 6) is 0.526. The summed E-state index contributed by atoms with van der Waals surface area (Å²) < 4.78 is 6.61. The molecule has 0 aliphatic rings. The quantitative estimate of drug-likeness (QED) is 0.711. The summed E-state index contributed by atoms with van der Waals surface area (Å²) in [6.45, 7) is 0. The first kappa shape index (κ1) is 12.2. The topological polar surface area (TPSA) is 33.4 Å². The maximum atomic E-state index is 10.2. The lowest BCUT2D eigenvalue weighted by atomic mass is 10.1. The molecule has 2 heterocycles. The van der Waals surface area contributed by atoms with Gasteiger partial charge in [-0.3, -0.25) is 0 Å². The molecule has 2 nitrogen and oxygen atoms in total. The molecule has 5 heteroatoms. The van der Waals surface area contributed by atoms with Gasteiger partial charge in [0.1, 0.15) is 17.4 Å². The van der Waals surface area contributed by atoms with E-state index in [-0.39, 0.29) is 0 Å². The predicted molar refractivity (Wildman–Crippen MR) is 77.3 cm³/mol. The molecule has 92 valence electrons. The van der Waals surface area contributed by atoms with Gasteiger partial charge in [-0.25, -0.2) is 0 Å². The van der Waals surface area contributed by atoms with Crippen molar-refractivity contribution in [3.63, 3.8) is 0 Å². The molecule has 0 fully saturated rings. The van der Waals surface area contributed by atoms with Gasteiger partial charge in [0.05, 0.1) is 3.79 Å². The summed E-state index contributed by atoms with van der Waals surface area (Å²) >= 11 is 10.8. The van der Waals surface area contributed by atoms with Crippen LogP contribution in [0.25, 0.3) is 11.0 Å². The van der Waals surface area contributed by atoms with E-state index in [1.807, 2.05) is 23.6 Å². The Morgan fingerprint density at radius 3 is 2.83 bits per heavy atom. The van der Waals surface area contributed by atoms with E-state index in [0.29, 0.717) is 10.8 Å². The molecule has 1 atom stereocenters. The van der Waals surface area contributed by atoms with E-state index < -0.39 is 6.10 Å². The van der Waals surface area contributed by atoms with Gasteiger partial charge in [-0.2, -0.15) is 0 Å². The fourth-order valence-electron chi connectivity index (χ4n) is 1.80. The molecule has 0 aliphatic heterocycles. The normalized spacial score (nSPS) is 13.1. The van der Waals surface area contributed by atoms with E-state index in [1.165, 1.54) is 11.3 Å². The molecule has 2 aromatic heterocycles. The molecule has 1 N–H and O–H groups in total. The fourth-order valence-corrected chi connectivity index (χ4v) is 3.18. The van der Waals surface area contributed by atoms with Gasteiger partial charge in [-0.1, -0.05) is 11.6 Å². The van der Waals surface area contributed by atoms with Crippen LogP contribution in [0.15, 0.2) is 43.9 Å². The molecule has 0 saturated carbocycles. The maximum absolute atomic E-state index is 10.2. The molecule has 0 amide bonds. The molecule has 0 spiro atoms. The van der Waals surface area contributed by atoms with Crippen molar-refractivity contribution in [1.82, 2.24) is 0 Å². The zero-order chi connectivity index (χ0) is 12.7. The second-order valence-corrected chi connectivity index (χ2v) is 6.64. The van der Waals surface area contributed by atoms with Crippen LogP contribution in [0.3, 0.4) is 0 Å². The summed E-state index contributed by atoms with van der Waals surface area (Å²) in [5, 5.41) is 13.7. The zero-order valence-corrected chi connectivity index (χ0v) is 12.2. The van der Waals surface area contributed by atoms with Crippen molar-refractivity contribution >= 4 is 49.8 Å². The monoisotopic (exact) mass is 342 g/mol. The van der Waals surface area contributed by atoms with Crippen LogP contribution in [0.5, 0.6) is 0 Å². The molecule has 3 rings (SSSR count). The first-order valence-electron chi connectivity index (χ1n) is 5.24. The van der Waals surface area contributed by atoms with Crippen molar-refractivity contribution in [3.8, 4) is 0 Å². The molecule has 0 saturated heterocycles. The highest BCUT2D eigenvalue weighted by molar-refractivity contribution is 9.11. The molecule has 3 aromatic rings. The first-order chi connectivity index (χ1) is 8.63. The highest BCUT2D eigenvalue weighted by Crippen LogP contribution is 2.32. The second-order valence-electron chi connectivity index (χ2n) is 3.92. The van der Waals surface area contributed by atoms with Crippen LogP contribution in [-0.4, -0.2) is 5.11 Å². The van der Waals surface area contributed by atoms with Gasteiger partial charge in [-0.15, -0.1) is 11.3 Å². The highest BCUT2D eigenvalue weighted by atomic mass is 79.9. The summed E-state index contributed by atoms with van der Waals surface area (Å²) in [6.07, 6.45) is -0.751. The van der Waals surface area contributed by atoms with Crippen LogP contribution in [0.4, 0.5) is 0 Å². The minimum absolute atomic E-state index is 0.526. The molecule has 1 unspecified atom stereocenters. The minimum atomic E-state index is -0.751. The minimum Gasteiger partial charge on any atom is -0.458 e. The van der Waals surface area contributed by atoms with Crippen LogP contribution in [-0.2, 0) is 0 Å². The maximum Gasteiger partial charge on any atom is 0.138 e. The van der Waals surface area contributed by atoms with Gasteiger partial charge >= 0.3 is 0 Å². The SMILES string of the molecule is OC(c1csc(Br)c1)c1cc2cc(Cl)ccc2o1. The fraction of sp³-hybridized carbons (Fsp3) is 0.0769. The van der Waals surface area contributed by atoms with E-state index >= 15 is 0 Å². The Kier molecular flexibility index (Phi) is 3.20. The van der Waals surface area contributed by atoms with Crippen LogP contribution < -0.4 is 0 Å². The predicted octanol–water partition coefficient (Wildman–Crippen LogP) is 4.99. The Balaban J connectivity index is 2.03. The van der Waals surface area contributed by atoms with E-state index in [1.54, 1.807) is 12.1 Å². The smallest absolute Gasteiger partial charge is 0.138 e. The Labute approximate surface area is 121 Å². The van der Waals surface area contributed by atoms with Crippen molar-refractivity contribution in [2.24, 2.45) is 0 Å². The lowest BCUT2D eigenvalue weighted by Crippen LogP contribution is -1.95. The summed E-state index contributed by atoms with van der Waals surface area (Å²) in [5.41, 5.74) is 1.54. The van der Waals surface area contributed by atoms with Crippen molar-refractivity contribution in [2.45, 2.75) is 6.10 Å². The van der Waals surface area contributed by atoms with Gasteiger partial charge in [0.25, 0.3) is 0 Å². The number of halogens is 2. The Morgan fingerprint density at radius 2 is 2.11 bits per heavy atom. The Hall–Kier alpha value is -0.810. The number of aliphatic hydroxyl groups excluding tert-OH is 1. The standard InChI is InChI=1S/C13H8BrClO2S/c14-12-5-8(6-18-12)13(16)11-4-7-3-9(15)1-2-10(7)17-11/h1-6,13,16H. The molecule has 1 aromatic carbocycles. The average Bonchev–Trinajstić information content (AvgIpc) is 2.93. The number of benzene rings is 1. The lowest BCUT2D eigenvalue weighted by Gasteiger charge is -2.03. The van der Waals surface area contributed by atoms with Gasteiger partial charge in [-0.05, 0) is 57.2 Å². The van der Waals surface area contributed by atoms with E-state index in [2.05, 4.69) is 15.9 Å². The first-order valence-corrected chi connectivity index (χ1v) is 7.29. The van der Waals surface area contributed by atoms with E-state index in [4.69, 9.17) is 16.0 Å². The van der Waals surface area contributed by atoms with Crippen molar-refractivity contribution in [1.29, 1.82) is 0 Å². The van der Waals surface area contributed by atoms with Gasteiger partial charge in [0.2, 0.25) is 0 Å². The van der Waals surface area contributed by atoms with Gasteiger partial charge < -0.3 is 9.52 Å². The second kappa shape index (κ2) is 4.70. The summed E-state index contributed by atoms with van der Waals surface area (Å²) in [7, 11) is 0. The van der Waals surface area contributed by atoms with E-state index in [9.17, 15) is 5.11 Å². The van der Waals surface area contributed by atoms with Crippen LogP contribution in [0, 0.1) is 0 Å². The molecule has 18 heavy (non-hydrogen) atoms. The van der Waals surface area contributed by atoms with Crippen molar-refractivity contribution < 1.29 is 9.52 Å². The largest absolute Gasteiger partial charge is 0.458 e. The molecule has 0 radical (unpaired) electrons. The zero-order valence-electron chi connectivity index (χ0n) is 9.06. The van der Waals surface area contributed by atoms with Crippen LogP contribution in [0.1, 0.15) is 17.4 Å². The molecular formula is C13H8BrClO2S. The van der Waals surface area contributed by atoms with Gasteiger partial charge in [0, 0.05) is 10.4 Å². The Bertz CT molecular complexity index is 704. The number of hydrogen-bond donors (Lipinski definition) is 1. The highest BCUT2D eigenvalue weighted by Gasteiger charge is 2.17. The molecule has 0 bridgehead atoms. The van der Waals surface area contributed by atoms with E-state index in [0.717, 1.165) is 20.3 Å². The van der Waals surface area contributed by atoms with Gasteiger partial charge in [0.15, 0.2) is 0 Å². The van der Waals surface area contributed by atoms with Crippen molar-refractivity contribution in [2.75, 3.05) is 0 Å². The number of aliphatic hydroxyl groups is 1. The molecular weight excluding hydrogens is 336 g/mol. The summed E-state index contributed by atoms with van der Waals surface area (Å²) in [4.78, 5) is 0. The number of furan rings is 1. The third-order valence-electron chi connectivity index (χ3n) is 2.67. The number of thiophene rings is 1. The number of hydrogen-bond acceptors (Lipinski definition) is 3. The van der Waals surface area contributed by atoms with Crippen molar-refractivity contribution in [3.05, 3.63) is 55.8 Å². The average molecular weight is 344 g/mol.